The molecule has 0 heterocycles. The molecule has 1 rings (SSSR count). The molecule has 6 heteroatoms. The molecule has 94 valence electrons. The van der Waals surface area contributed by atoms with Gasteiger partial charge in [-0.3, -0.25) is 0 Å². The highest BCUT2D eigenvalue weighted by atomic mass is 32.2. The fourth-order valence-electron chi connectivity index (χ4n) is 1.47. The van der Waals surface area contributed by atoms with E-state index in [9.17, 15) is 8.42 Å². The Kier molecular flexibility index (Phi) is 4.85. The van der Waals surface area contributed by atoms with Crippen molar-refractivity contribution in [1.82, 2.24) is 4.72 Å². The van der Waals surface area contributed by atoms with Crippen molar-refractivity contribution in [2.75, 3.05) is 6.54 Å². The summed E-state index contributed by atoms with van der Waals surface area (Å²) in [5, 5.41) is 17.1. The molecule has 0 spiro atoms. The van der Waals surface area contributed by atoms with Gasteiger partial charge in [0.2, 0.25) is 10.0 Å². The summed E-state index contributed by atoms with van der Waals surface area (Å²) in [7, 11) is -3.57. The molecular weight excluding hydrogens is 250 g/mol. The summed E-state index contributed by atoms with van der Waals surface area (Å²) in [5.74, 6) is 0. The minimum absolute atomic E-state index is 0.165. The minimum atomic E-state index is -3.57. The van der Waals surface area contributed by atoms with Gasteiger partial charge in [-0.15, -0.1) is 0 Å². The highest BCUT2D eigenvalue weighted by Crippen LogP contribution is 2.16. The Morgan fingerprint density at radius 1 is 1.33 bits per heavy atom. The van der Waals surface area contributed by atoms with Crippen LogP contribution in [0.5, 0.6) is 0 Å². The number of unbranched alkanes of at least 4 members (excludes halogenated alkanes) is 1. The molecule has 0 aromatic heterocycles. The van der Waals surface area contributed by atoms with Gasteiger partial charge < -0.3 is 0 Å². The summed E-state index contributed by atoms with van der Waals surface area (Å²) >= 11 is 0. The zero-order valence-electron chi connectivity index (χ0n) is 9.97. The van der Waals surface area contributed by atoms with Crippen LogP contribution in [0.4, 0.5) is 0 Å². The van der Waals surface area contributed by atoms with Crippen LogP contribution in [-0.4, -0.2) is 15.0 Å². The molecule has 0 atom stereocenters. The van der Waals surface area contributed by atoms with E-state index in [2.05, 4.69) is 4.72 Å². The van der Waals surface area contributed by atoms with E-state index in [4.69, 9.17) is 10.5 Å². The van der Waals surface area contributed by atoms with Gasteiger partial charge in [0.05, 0.1) is 22.6 Å². The number of hydrogen-bond acceptors (Lipinski definition) is 4. The molecule has 0 radical (unpaired) electrons. The van der Waals surface area contributed by atoms with Crippen molar-refractivity contribution in [1.29, 1.82) is 10.5 Å². The standard InChI is InChI=1S/C12H13N3O2S/c1-10-8-11(9-14)4-5-12(10)18(16,17)15-7-3-2-6-13/h4-5,8,15H,2-3,7H2,1H3. The predicted molar refractivity (Wildman–Crippen MR) is 65.9 cm³/mol. The number of nitriles is 2. The van der Waals surface area contributed by atoms with Gasteiger partial charge in [0.25, 0.3) is 0 Å². The fraction of sp³-hybridized carbons (Fsp3) is 0.333. The van der Waals surface area contributed by atoms with Crippen LogP contribution in [0.2, 0.25) is 0 Å². The lowest BCUT2D eigenvalue weighted by Gasteiger charge is -2.08. The summed E-state index contributed by atoms with van der Waals surface area (Å²) in [6.45, 7) is 1.88. The SMILES string of the molecule is Cc1cc(C#N)ccc1S(=O)(=O)NCCCC#N. The van der Waals surface area contributed by atoms with Crippen LogP contribution < -0.4 is 4.72 Å². The molecule has 0 saturated heterocycles. The Balaban J connectivity index is 2.86. The summed E-state index contributed by atoms with van der Waals surface area (Å²) in [4.78, 5) is 0.165. The second kappa shape index (κ2) is 6.15. The van der Waals surface area contributed by atoms with E-state index in [1.54, 1.807) is 6.92 Å². The first-order valence-electron chi connectivity index (χ1n) is 5.38. The van der Waals surface area contributed by atoms with Crippen LogP contribution in [0, 0.1) is 29.6 Å². The fourth-order valence-corrected chi connectivity index (χ4v) is 2.77. The Morgan fingerprint density at radius 3 is 2.61 bits per heavy atom. The van der Waals surface area contributed by atoms with Gasteiger partial charge in [-0.05, 0) is 37.1 Å². The maximum absolute atomic E-state index is 11.9. The molecule has 5 nitrogen and oxygen atoms in total. The Hall–Kier alpha value is -1.89. The third kappa shape index (κ3) is 3.56. The number of nitrogens with one attached hydrogen (secondary N) is 1. The van der Waals surface area contributed by atoms with Crippen LogP contribution in [0.1, 0.15) is 24.0 Å². The summed E-state index contributed by atoms with van der Waals surface area (Å²) in [6, 6.07) is 8.32. The van der Waals surface area contributed by atoms with Gasteiger partial charge in [0.15, 0.2) is 0 Å². The predicted octanol–water partition coefficient (Wildman–Crippen LogP) is 1.45. The normalized spacial score (nSPS) is 10.6. The smallest absolute Gasteiger partial charge is 0.211 e. The molecular formula is C12H13N3O2S. The van der Waals surface area contributed by atoms with Crippen molar-refractivity contribution in [2.45, 2.75) is 24.7 Å². The van der Waals surface area contributed by atoms with Crippen molar-refractivity contribution in [3.63, 3.8) is 0 Å². The van der Waals surface area contributed by atoms with E-state index in [0.29, 0.717) is 24.0 Å². The van der Waals surface area contributed by atoms with Crippen LogP contribution in [0.15, 0.2) is 23.1 Å². The minimum Gasteiger partial charge on any atom is -0.211 e. The summed E-state index contributed by atoms with van der Waals surface area (Å²) in [6.07, 6.45) is 0.792. The second-order valence-electron chi connectivity index (χ2n) is 3.75. The van der Waals surface area contributed by atoms with Gasteiger partial charge in [-0.2, -0.15) is 10.5 Å². The van der Waals surface area contributed by atoms with Crippen LogP contribution in [0.3, 0.4) is 0 Å². The first-order valence-corrected chi connectivity index (χ1v) is 6.87. The number of benzene rings is 1. The lowest BCUT2D eigenvalue weighted by molar-refractivity contribution is 0.579. The lowest BCUT2D eigenvalue weighted by Crippen LogP contribution is -2.25. The van der Waals surface area contributed by atoms with Gasteiger partial charge >= 0.3 is 0 Å². The van der Waals surface area contributed by atoms with E-state index in [0.717, 1.165) is 0 Å². The van der Waals surface area contributed by atoms with E-state index in [1.807, 2.05) is 12.1 Å². The number of sulfonamides is 1. The highest BCUT2D eigenvalue weighted by molar-refractivity contribution is 7.89. The Labute approximate surface area is 107 Å². The number of hydrogen-bond donors (Lipinski definition) is 1. The molecule has 1 N–H and O–H groups in total. The third-order valence-electron chi connectivity index (χ3n) is 2.35. The van der Waals surface area contributed by atoms with Crippen molar-refractivity contribution < 1.29 is 8.42 Å². The Bertz CT molecular complexity index is 609. The molecule has 0 amide bonds. The molecule has 1 aromatic rings. The number of nitrogens with zero attached hydrogens (tertiary/aromatic N) is 2. The van der Waals surface area contributed by atoms with Gasteiger partial charge in [0.1, 0.15) is 0 Å². The molecule has 0 aliphatic rings. The van der Waals surface area contributed by atoms with Crippen molar-refractivity contribution >= 4 is 10.0 Å². The molecule has 0 fully saturated rings. The molecule has 0 bridgehead atoms. The largest absolute Gasteiger partial charge is 0.240 e. The second-order valence-corrected chi connectivity index (χ2v) is 5.49. The monoisotopic (exact) mass is 263 g/mol. The molecule has 1 aromatic carbocycles. The van der Waals surface area contributed by atoms with Crippen molar-refractivity contribution in [3.8, 4) is 12.1 Å². The third-order valence-corrected chi connectivity index (χ3v) is 3.97. The first kappa shape index (κ1) is 14.2. The zero-order chi connectivity index (χ0) is 13.6. The Morgan fingerprint density at radius 2 is 2.06 bits per heavy atom. The molecule has 0 aliphatic carbocycles. The average molecular weight is 263 g/mol. The van der Waals surface area contributed by atoms with E-state index in [1.165, 1.54) is 18.2 Å². The molecule has 0 unspecified atom stereocenters. The molecule has 18 heavy (non-hydrogen) atoms. The van der Waals surface area contributed by atoms with Crippen molar-refractivity contribution in [2.24, 2.45) is 0 Å². The van der Waals surface area contributed by atoms with Crippen LogP contribution in [-0.2, 0) is 10.0 Å². The maximum atomic E-state index is 11.9. The van der Waals surface area contributed by atoms with E-state index >= 15 is 0 Å². The van der Waals surface area contributed by atoms with Gasteiger partial charge in [-0.25, -0.2) is 13.1 Å². The summed E-state index contributed by atoms with van der Waals surface area (Å²) < 4.78 is 26.3. The highest BCUT2D eigenvalue weighted by Gasteiger charge is 2.16. The first-order chi connectivity index (χ1) is 8.51. The van der Waals surface area contributed by atoms with E-state index in [-0.39, 0.29) is 11.4 Å². The number of aryl methyl sites for hydroxylation is 1. The van der Waals surface area contributed by atoms with Gasteiger partial charge in [-0.1, -0.05) is 0 Å². The zero-order valence-corrected chi connectivity index (χ0v) is 10.8. The van der Waals surface area contributed by atoms with Crippen molar-refractivity contribution in [3.05, 3.63) is 29.3 Å². The topological polar surface area (TPSA) is 93.8 Å². The van der Waals surface area contributed by atoms with Crippen LogP contribution >= 0.6 is 0 Å². The average Bonchev–Trinajstić information content (AvgIpc) is 2.34. The number of rotatable bonds is 5. The van der Waals surface area contributed by atoms with E-state index < -0.39 is 10.0 Å². The molecule has 0 aliphatic heterocycles. The van der Waals surface area contributed by atoms with Gasteiger partial charge in [0, 0.05) is 13.0 Å². The molecule has 0 saturated carbocycles. The van der Waals surface area contributed by atoms with Crippen LogP contribution in [0.25, 0.3) is 0 Å². The maximum Gasteiger partial charge on any atom is 0.240 e. The lowest BCUT2D eigenvalue weighted by atomic mass is 10.2. The summed E-state index contributed by atoms with van der Waals surface area (Å²) in [5.41, 5.74) is 0.956. The quantitative estimate of drug-likeness (QED) is 0.813.